The van der Waals surface area contributed by atoms with E-state index in [9.17, 15) is 14.3 Å². The van der Waals surface area contributed by atoms with E-state index in [0.717, 1.165) is 31.9 Å². The fourth-order valence-electron chi connectivity index (χ4n) is 3.62. The highest BCUT2D eigenvalue weighted by atomic mass is 35.5. The number of hydrogen-bond acceptors (Lipinski definition) is 4. The van der Waals surface area contributed by atoms with E-state index in [4.69, 9.17) is 11.6 Å². The first-order chi connectivity index (χ1) is 9.56. The first-order valence-corrected chi connectivity index (χ1v) is 7.11. The van der Waals surface area contributed by atoms with Gasteiger partial charge in [-0.1, -0.05) is 0 Å². The number of fused-ring (bicyclic) bond motifs is 3. The summed E-state index contributed by atoms with van der Waals surface area (Å²) in [5, 5.41) is 12.3. The molecule has 0 aromatic carbocycles. The Bertz CT molecular complexity index is 534. The molecule has 5 nitrogen and oxygen atoms in total. The van der Waals surface area contributed by atoms with E-state index < -0.39 is 17.7 Å². The van der Waals surface area contributed by atoms with Crippen molar-refractivity contribution in [1.29, 1.82) is 0 Å². The average molecular weight is 300 g/mol. The monoisotopic (exact) mass is 299 g/mol. The average Bonchev–Trinajstić information content (AvgIpc) is 2.43. The number of carbonyl (C=O) groups is 1. The molecule has 3 aliphatic carbocycles. The molecule has 1 aromatic heterocycles. The molecule has 0 aliphatic heterocycles. The minimum absolute atomic E-state index is 0.00574. The van der Waals surface area contributed by atoms with E-state index in [2.05, 4.69) is 15.3 Å². The number of rotatable bonds is 3. The highest BCUT2D eigenvalue weighted by Crippen LogP contribution is 2.46. The molecule has 3 aliphatic rings. The summed E-state index contributed by atoms with van der Waals surface area (Å²) in [7, 11) is 0. The number of anilines is 1. The van der Waals surface area contributed by atoms with E-state index in [-0.39, 0.29) is 29.0 Å². The first kappa shape index (κ1) is 13.5. The first-order valence-electron chi connectivity index (χ1n) is 6.73. The molecule has 2 bridgehead atoms. The molecule has 108 valence electrons. The Hall–Kier alpha value is -1.43. The summed E-state index contributed by atoms with van der Waals surface area (Å²) in [5.74, 6) is -1.52. The molecule has 2 atom stereocenters. The third-order valence-corrected chi connectivity index (χ3v) is 4.70. The van der Waals surface area contributed by atoms with Gasteiger partial charge in [-0.05, 0) is 49.1 Å². The second-order valence-electron chi connectivity index (χ2n) is 5.54. The minimum Gasteiger partial charge on any atom is -0.481 e. The molecule has 3 fully saturated rings. The zero-order valence-corrected chi connectivity index (χ0v) is 11.5. The number of halogens is 2. The predicted octanol–water partition coefficient (Wildman–Crippen LogP) is 2.57. The highest BCUT2D eigenvalue weighted by molar-refractivity contribution is 6.28. The number of hydrogen-bond donors (Lipinski definition) is 2. The second-order valence-corrected chi connectivity index (χ2v) is 5.88. The van der Waals surface area contributed by atoms with E-state index in [0.29, 0.717) is 0 Å². The van der Waals surface area contributed by atoms with Crippen LogP contribution in [0, 0.1) is 23.6 Å². The number of nitrogens with zero attached hydrogens (tertiary/aromatic N) is 2. The zero-order chi connectivity index (χ0) is 14.3. The maximum Gasteiger partial charge on any atom is 0.308 e. The summed E-state index contributed by atoms with van der Waals surface area (Å²) in [6.45, 7) is 0. The number of nitrogens with one attached hydrogen (secondary N) is 1. The van der Waals surface area contributed by atoms with Crippen LogP contribution in [0.1, 0.15) is 25.7 Å². The molecule has 0 radical (unpaired) electrons. The summed E-state index contributed by atoms with van der Waals surface area (Å²) >= 11 is 5.67. The van der Waals surface area contributed by atoms with E-state index in [1.54, 1.807) is 0 Å². The molecule has 3 saturated carbocycles. The van der Waals surface area contributed by atoms with Crippen LogP contribution in [0.5, 0.6) is 0 Å². The summed E-state index contributed by atoms with van der Waals surface area (Å²) in [6.07, 6.45) is 4.83. The third-order valence-electron chi connectivity index (χ3n) is 4.52. The lowest BCUT2D eigenvalue weighted by atomic mass is 9.61. The van der Waals surface area contributed by atoms with Crippen molar-refractivity contribution in [2.24, 2.45) is 17.8 Å². The Labute approximate surface area is 120 Å². The summed E-state index contributed by atoms with van der Waals surface area (Å²) in [5.41, 5.74) is 0. The number of aliphatic carboxylic acids is 1. The predicted molar refractivity (Wildman–Crippen MR) is 71.0 cm³/mol. The molecule has 0 saturated heterocycles. The summed E-state index contributed by atoms with van der Waals surface area (Å²) in [6, 6.07) is -0.291. The maximum atomic E-state index is 13.7. The van der Waals surface area contributed by atoms with Crippen LogP contribution in [0.4, 0.5) is 10.2 Å². The molecule has 0 unspecified atom stereocenters. The quantitative estimate of drug-likeness (QED) is 0.839. The van der Waals surface area contributed by atoms with Gasteiger partial charge in [-0.2, -0.15) is 4.98 Å². The molecule has 4 rings (SSSR count). The second kappa shape index (κ2) is 5.16. The van der Waals surface area contributed by atoms with Crippen LogP contribution in [0.15, 0.2) is 6.20 Å². The van der Waals surface area contributed by atoms with Crippen LogP contribution < -0.4 is 5.32 Å². The lowest BCUT2D eigenvalue weighted by Crippen LogP contribution is -2.51. The number of carboxylic acids is 1. The van der Waals surface area contributed by atoms with Gasteiger partial charge in [0.15, 0.2) is 11.6 Å². The maximum absolute atomic E-state index is 13.7. The van der Waals surface area contributed by atoms with Gasteiger partial charge in [-0.15, -0.1) is 0 Å². The lowest BCUT2D eigenvalue weighted by molar-refractivity contribution is -0.148. The van der Waals surface area contributed by atoms with Crippen LogP contribution in [-0.2, 0) is 4.79 Å². The van der Waals surface area contributed by atoms with Gasteiger partial charge in [0.2, 0.25) is 5.28 Å². The van der Waals surface area contributed by atoms with E-state index >= 15 is 0 Å². The van der Waals surface area contributed by atoms with E-state index in [1.165, 1.54) is 0 Å². The van der Waals surface area contributed by atoms with Gasteiger partial charge in [0.25, 0.3) is 0 Å². The standard InChI is InChI=1S/C13H15ClFN3O2/c14-13-16-5-8(15)11(18-13)17-10-7-3-1-6(2-4-7)9(10)12(19)20/h5-7,9-10H,1-4H2,(H,19,20)(H,16,17,18)/t6-,7+,9-,10-/m0/s1. The van der Waals surface area contributed by atoms with Gasteiger partial charge < -0.3 is 10.4 Å². The van der Waals surface area contributed by atoms with Gasteiger partial charge in [-0.3, -0.25) is 4.79 Å². The Kier molecular flexibility index (Phi) is 3.50. The Morgan fingerprint density at radius 3 is 2.65 bits per heavy atom. The smallest absolute Gasteiger partial charge is 0.308 e. The van der Waals surface area contributed by atoms with Crippen molar-refractivity contribution in [3.63, 3.8) is 0 Å². The third kappa shape index (κ3) is 2.32. The molecule has 1 aromatic rings. The van der Waals surface area contributed by atoms with Crippen LogP contribution in [-0.4, -0.2) is 27.1 Å². The van der Waals surface area contributed by atoms with Gasteiger partial charge in [0, 0.05) is 6.04 Å². The van der Waals surface area contributed by atoms with Crippen LogP contribution >= 0.6 is 11.6 Å². The van der Waals surface area contributed by atoms with Crippen LogP contribution in [0.3, 0.4) is 0 Å². The van der Waals surface area contributed by atoms with Gasteiger partial charge in [-0.25, -0.2) is 9.37 Å². The molecule has 7 heteroatoms. The molecule has 0 spiro atoms. The Balaban J connectivity index is 1.87. The van der Waals surface area contributed by atoms with Crippen molar-refractivity contribution in [2.75, 3.05) is 5.32 Å². The molecule has 0 amide bonds. The van der Waals surface area contributed by atoms with Crippen molar-refractivity contribution in [2.45, 2.75) is 31.7 Å². The molecular weight excluding hydrogens is 285 g/mol. The minimum atomic E-state index is -0.822. The fraction of sp³-hybridized carbons (Fsp3) is 0.615. The van der Waals surface area contributed by atoms with Crippen molar-refractivity contribution in [3.05, 3.63) is 17.3 Å². The SMILES string of the molecule is O=C(O)[C@H]1[C@H]2CC[C@H](CC2)[C@@H]1Nc1nc(Cl)ncc1F. The van der Waals surface area contributed by atoms with Gasteiger partial charge in [0.05, 0.1) is 12.1 Å². The lowest BCUT2D eigenvalue weighted by Gasteiger charge is -2.47. The normalized spacial score (nSPS) is 32.1. The summed E-state index contributed by atoms with van der Waals surface area (Å²) in [4.78, 5) is 18.9. The number of aromatic nitrogens is 2. The summed E-state index contributed by atoms with van der Waals surface area (Å²) < 4.78 is 13.7. The molecule has 1 heterocycles. The Morgan fingerprint density at radius 2 is 2.00 bits per heavy atom. The highest BCUT2D eigenvalue weighted by Gasteiger charge is 2.47. The van der Waals surface area contributed by atoms with Crippen LogP contribution in [0.2, 0.25) is 5.28 Å². The molecule has 2 N–H and O–H groups in total. The van der Waals surface area contributed by atoms with Crippen LogP contribution in [0.25, 0.3) is 0 Å². The Morgan fingerprint density at radius 1 is 1.35 bits per heavy atom. The van der Waals surface area contributed by atoms with Crippen molar-refractivity contribution in [1.82, 2.24) is 9.97 Å². The fourth-order valence-corrected chi connectivity index (χ4v) is 3.75. The zero-order valence-electron chi connectivity index (χ0n) is 10.7. The van der Waals surface area contributed by atoms with Crippen molar-refractivity contribution in [3.8, 4) is 0 Å². The van der Waals surface area contributed by atoms with Gasteiger partial charge >= 0.3 is 5.97 Å². The molecular formula is C13H15ClFN3O2. The largest absolute Gasteiger partial charge is 0.481 e. The van der Waals surface area contributed by atoms with Crippen molar-refractivity contribution >= 4 is 23.4 Å². The van der Waals surface area contributed by atoms with E-state index in [1.807, 2.05) is 0 Å². The molecule has 20 heavy (non-hydrogen) atoms. The number of carboxylic acid groups (broad SMARTS) is 1. The van der Waals surface area contributed by atoms with Crippen molar-refractivity contribution < 1.29 is 14.3 Å². The van der Waals surface area contributed by atoms with Gasteiger partial charge in [0.1, 0.15) is 0 Å². The topological polar surface area (TPSA) is 75.1 Å².